The number of hydrogen-bond acceptors (Lipinski definition) is 6. The maximum absolute atomic E-state index is 12.3. The quantitative estimate of drug-likeness (QED) is 0.774. The van der Waals surface area contributed by atoms with Gasteiger partial charge in [0.15, 0.2) is 5.13 Å². The largest absolute Gasteiger partial charge is 0.382 e. The lowest BCUT2D eigenvalue weighted by molar-refractivity contribution is 0.0933. The Kier molecular flexibility index (Phi) is 5.75. The SMILES string of the molecule is CSC1CCC(NC(=O)c2sc(NC(C)C)nc2N)CC1. The number of nitrogens with one attached hydrogen (secondary N) is 2. The predicted molar refractivity (Wildman–Crippen MR) is 92.3 cm³/mol. The predicted octanol–water partition coefficient (Wildman–Crippen LogP) is 2.95. The van der Waals surface area contributed by atoms with Crippen molar-refractivity contribution < 1.29 is 4.79 Å². The van der Waals surface area contributed by atoms with Crippen molar-refractivity contribution in [2.45, 2.75) is 56.9 Å². The fourth-order valence-corrected chi connectivity index (χ4v) is 4.17. The highest BCUT2D eigenvalue weighted by atomic mass is 32.2. The zero-order valence-electron chi connectivity index (χ0n) is 12.8. The number of nitrogens with zero attached hydrogens (tertiary/aromatic N) is 1. The van der Waals surface area contributed by atoms with Crippen molar-refractivity contribution in [1.82, 2.24) is 10.3 Å². The van der Waals surface area contributed by atoms with E-state index in [1.54, 1.807) is 0 Å². The van der Waals surface area contributed by atoms with Crippen LogP contribution in [0.25, 0.3) is 0 Å². The van der Waals surface area contributed by atoms with Crippen LogP contribution in [-0.4, -0.2) is 34.5 Å². The molecule has 0 spiro atoms. The topological polar surface area (TPSA) is 80.0 Å². The van der Waals surface area contributed by atoms with E-state index in [9.17, 15) is 4.79 Å². The molecule has 1 aromatic heterocycles. The minimum atomic E-state index is -0.0885. The molecule has 1 aliphatic carbocycles. The highest BCUT2D eigenvalue weighted by Gasteiger charge is 2.24. The van der Waals surface area contributed by atoms with E-state index in [0.717, 1.165) is 18.1 Å². The van der Waals surface area contributed by atoms with Gasteiger partial charge in [-0.3, -0.25) is 4.79 Å². The Labute approximate surface area is 134 Å². The smallest absolute Gasteiger partial charge is 0.265 e. The van der Waals surface area contributed by atoms with Gasteiger partial charge in [0.05, 0.1) is 0 Å². The molecule has 0 unspecified atom stereocenters. The van der Waals surface area contributed by atoms with E-state index >= 15 is 0 Å². The first-order chi connectivity index (χ1) is 9.99. The summed E-state index contributed by atoms with van der Waals surface area (Å²) < 4.78 is 0. The fraction of sp³-hybridized carbons (Fsp3) is 0.714. The molecule has 0 aliphatic heterocycles. The van der Waals surface area contributed by atoms with Crippen LogP contribution in [0.4, 0.5) is 10.9 Å². The number of carbonyl (C=O) groups is 1. The van der Waals surface area contributed by atoms with Crippen LogP contribution < -0.4 is 16.4 Å². The second-order valence-electron chi connectivity index (χ2n) is 5.72. The van der Waals surface area contributed by atoms with Gasteiger partial charge in [-0.25, -0.2) is 4.98 Å². The number of amides is 1. The number of aromatic nitrogens is 1. The lowest BCUT2D eigenvalue weighted by atomic mass is 9.95. The van der Waals surface area contributed by atoms with Crippen LogP contribution in [0.15, 0.2) is 0 Å². The standard InChI is InChI=1S/C14H24N4OS2/c1-8(2)16-14-18-12(15)11(21-14)13(19)17-9-4-6-10(20-3)7-5-9/h8-10H,4-7,15H2,1-3H3,(H,16,18)(H,17,19). The highest BCUT2D eigenvalue weighted by Crippen LogP contribution is 2.29. The number of thiazole rings is 1. The van der Waals surface area contributed by atoms with Crippen molar-refractivity contribution in [3.05, 3.63) is 4.88 Å². The molecule has 7 heteroatoms. The van der Waals surface area contributed by atoms with Gasteiger partial charge in [0.25, 0.3) is 5.91 Å². The molecule has 1 fully saturated rings. The van der Waals surface area contributed by atoms with Crippen LogP contribution in [0.2, 0.25) is 0 Å². The van der Waals surface area contributed by atoms with Gasteiger partial charge in [-0.1, -0.05) is 11.3 Å². The third-order valence-electron chi connectivity index (χ3n) is 3.61. The molecule has 4 N–H and O–H groups in total. The lowest BCUT2D eigenvalue weighted by Crippen LogP contribution is -2.38. The minimum Gasteiger partial charge on any atom is -0.382 e. The van der Waals surface area contributed by atoms with Gasteiger partial charge in [0.2, 0.25) is 0 Å². The summed E-state index contributed by atoms with van der Waals surface area (Å²) in [5.74, 6) is 0.229. The van der Waals surface area contributed by atoms with Crippen LogP contribution in [0.3, 0.4) is 0 Å². The van der Waals surface area contributed by atoms with E-state index in [0.29, 0.717) is 15.8 Å². The third kappa shape index (κ3) is 4.51. The van der Waals surface area contributed by atoms with Gasteiger partial charge in [-0.2, -0.15) is 11.8 Å². The van der Waals surface area contributed by atoms with E-state index in [1.165, 1.54) is 24.2 Å². The number of anilines is 2. The number of thioether (sulfide) groups is 1. The van der Waals surface area contributed by atoms with Gasteiger partial charge >= 0.3 is 0 Å². The fourth-order valence-electron chi connectivity index (χ4n) is 2.50. The number of nitrogen functional groups attached to an aromatic ring is 1. The maximum Gasteiger partial charge on any atom is 0.265 e. The second-order valence-corrected chi connectivity index (χ2v) is 7.85. The molecule has 21 heavy (non-hydrogen) atoms. The maximum atomic E-state index is 12.3. The average Bonchev–Trinajstić information content (AvgIpc) is 2.79. The van der Waals surface area contributed by atoms with E-state index < -0.39 is 0 Å². The summed E-state index contributed by atoms with van der Waals surface area (Å²) >= 11 is 3.25. The summed E-state index contributed by atoms with van der Waals surface area (Å²) in [6.45, 7) is 4.06. The zero-order valence-corrected chi connectivity index (χ0v) is 14.4. The number of hydrogen-bond donors (Lipinski definition) is 3. The van der Waals surface area contributed by atoms with Crippen molar-refractivity contribution in [1.29, 1.82) is 0 Å². The van der Waals surface area contributed by atoms with E-state index in [2.05, 4.69) is 21.9 Å². The first-order valence-corrected chi connectivity index (χ1v) is 9.46. The Bertz CT molecular complexity index is 481. The molecule has 1 heterocycles. The zero-order chi connectivity index (χ0) is 15.4. The first kappa shape index (κ1) is 16.4. The van der Waals surface area contributed by atoms with Crippen LogP contribution in [0.5, 0.6) is 0 Å². The number of nitrogens with two attached hydrogens (primary N) is 1. The summed E-state index contributed by atoms with van der Waals surface area (Å²) in [5.41, 5.74) is 5.86. The molecule has 1 aromatic rings. The van der Waals surface area contributed by atoms with Gasteiger partial charge in [-0.15, -0.1) is 0 Å². The summed E-state index contributed by atoms with van der Waals surface area (Å²) in [5, 5.41) is 7.74. The van der Waals surface area contributed by atoms with E-state index in [1.807, 2.05) is 25.6 Å². The molecule has 1 amide bonds. The molecule has 2 rings (SSSR count). The van der Waals surface area contributed by atoms with Crippen LogP contribution in [0, 0.1) is 0 Å². The van der Waals surface area contributed by atoms with Crippen molar-refractivity contribution in [3.63, 3.8) is 0 Å². The molecule has 118 valence electrons. The summed E-state index contributed by atoms with van der Waals surface area (Å²) in [6, 6.07) is 0.539. The summed E-state index contributed by atoms with van der Waals surface area (Å²) in [6.07, 6.45) is 6.60. The molecule has 5 nitrogen and oxygen atoms in total. The molecule has 0 saturated heterocycles. The summed E-state index contributed by atoms with van der Waals surface area (Å²) in [4.78, 5) is 17.1. The van der Waals surface area contributed by atoms with E-state index in [-0.39, 0.29) is 18.0 Å². The third-order valence-corrected chi connectivity index (χ3v) is 5.75. The van der Waals surface area contributed by atoms with E-state index in [4.69, 9.17) is 5.73 Å². The molecule has 0 aromatic carbocycles. The second kappa shape index (κ2) is 7.35. The monoisotopic (exact) mass is 328 g/mol. The molecule has 1 aliphatic rings. The normalized spacial score (nSPS) is 22.3. The van der Waals surface area contributed by atoms with Crippen molar-refractivity contribution in [2.75, 3.05) is 17.3 Å². The Morgan fingerprint density at radius 3 is 2.62 bits per heavy atom. The molecule has 0 radical (unpaired) electrons. The molecular weight excluding hydrogens is 304 g/mol. The van der Waals surface area contributed by atoms with Crippen LogP contribution >= 0.6 is 23.1 Å². The number of carbonyl (C=O) groups excluding carboxylic acids is 1. The Morgan fingerprint density at radius 2 is 2.05 bits per heavy atom. The van der Waals surface area contributed by atoms with Crippen molar-refractivity contribution in [3.8, 4) is 0 Å². The van der Waals surface area contributed by atoms with Gasteiger partial charge < -0.3 is 16.4 Å². The Hall–Kier alpha value is -0.950. The summed E-state index contributed by atoms with van der Waals surface area (Å²) in [7, 11) is 0. The van der Waals surface area contributed by atoms with Gasteiger partial charge in [0, 0.05) is 17.3 Å². The van der Waals surface area contributed by atoms with Crippen LogP contribution in [-0.2, 0) is 0 Å². The van der Waals surface area contributed by atoms with Crippen LogP contribution in [0.1, 0.15) is 49.2 Å². The Morgan fingerprint density at radius 1 is 1.38 bits per heavy atom. The molecular formula is C14H24N4OS2. The first-order valence-electron chi connectivity index (χ1n) is 7.36. The molecule has 1 saturated carbocycles. The highest BCUT2D eigenvalue weighted by molar-refractivity contribution is 7.99. The molecule has 0 bridgehead atoms. The van der Waals surface area contributed by atoms with Gasteiger partial charge in [-0.05, 0) is 45.8 Å². The Balaban J connectivity index is 1.93. The number of rotatable bonds is 5. The average molecular weight is 329 g/mol. The van der Waals surface area contributed by atoms with Crippen molar-refractivity contribution in [2.24, 2.45) is 0 Å². The van der Waals surface area contributed by atoms with Gasteiger partial charge in [0.1, 0.15) is 10.7 Å². The molecule has 0 atom stereocenters. The lowest BCUT2D eigenvalue weighted by Gasteiger charge is -2.27. The minimum absolute atomic E-state index is 0.0885. The van der Waals surface area contributed by atoms with Crippen molar-refractivity contribution >= 4 is 40.0 Å².